The van der Waals surface area contributed by atoms with Gasteiger partial charge in [0.05, 0.1) is 26.1 Å². The van der Waals surface area contributed by atoms with Crippen LogP contribution in [0.3, 0.4) is 0 Å². The Morgan fingerprint density at radius 2 is 0.750 bits per heavy atom. The van der Waals surface area contributed by atoms with Crippen LogP contribution in [-0.4, -0.2) is 25.2 Å². The molecule has 0 aliphatic heterocycles. The number of carbonyl (C=O) groups excluding carboxylic acids is 2. The van der Waals surface area contributed by atoms with Gasteiger partial charge in [-0.05, 0) is 77.0 Å². The third kappa shape index (κ3) is 28.7. The van der Waals surface area contributed by atoms with Gasteiger partial charge in [0, 0.05) is 0 Å². The second-order valence-corrected chi connectivity index (χ2v) is 9.99. The summed E-state index contributed by atoms with van der Waals surface area (Å²) < 4.78 is 10.5. The first-order chi connectivity index (χ1) is 17.7. The molecule has 4 nitrogen and oxygen atoms in total. The Kier molecular flexibility index (Phi) is 28.3. The molecule has 0 bridgehead atoms. The van der Waals surface area contributed by atoms with Gasteiger partial charge in [0.25, 0.3) is 0 Å². The number of hydrogen-bond donors (Lipinski definition) is 0. The van der Waals surface area contributed by atoms with Gasteiger partial charge in [0.15, 0.2) is 0 Å². The number of esters is 2. The minimum absolute atomic E-state index is 0.114. The lowest BCUT2D eigenvalue weighted by molar-refractivity contribution is -0.150. The molecular formula is C32H58O4. The summed E-state index contributed by atoms with van der Waals surface area (Å²) in [5.74, 6) is -0.598. The normalized spacial score (nSPS) is 11.5. The lowest BCUT2D eigenvalue weighted by atomic mass is 10.1. The van der Waals surface area contributed by atoms with Crippen molar-refractivity contribution in [1.82, 2.24) is 0 Å². The van der Waals surface area contributed by atoms with E-state index in [1.54, 1.807) is 0 Å². The van der Waals surface area contributed by atoms with Crippen LogP contribution >= 0.6 is 0 Å². The summed E-state index contributed by atoms with van der Waals surface area (Å²) in [6.07, 6.45) is 33.5. The first-order valence-corrected chi connectivity index (χ1v) is 15.3. The Hall–Kier alpha value is -1.58. The lowest BCUT2D eigenvalue weighted by Crippen LogP contribution is -2.11. The van der Waals surface area contributed by atoms with E-state index in [4.69, 9.17) is 9.47 Å². The van der Waals surface area contributed by atoms with Gasteiger partial charge in [-0.15, -0.1) is 0 Å². The van der Waals surface area contributed by atoms with Crippen LogP contribution in [0.1, 0.15) is 155 Å². The minimum Gasteiger partial charge on any atom is -0.466 e. The van der Waals surface area contributed by atoms with Gasteiger partial charge in [-0.1, -0.05) is 89.5 Å². The highest BCUT2D eigenvalue weighted by Gasteiger charge is 2.09. The standard InChI is InChI=1S/C32H58O4/c1-3-5-7-9-11-13-15-17-19-21-23-25-29-35-31(33)27-28-32(34)36-30-26-24-22-20-18-16-14-12-10-8-6-4-2/h15-18H,3-14,19-30H2,1-2H3/b17-15+,18-16+. The Morgan fingerprint density at radius 1 is 0.444 bits per heavy atom. The summed E-state index contributed by atoms with van der Waals surface area (Å²) in [5.41, 5.74) is 0. The van der Waals surface area contributed by atoms with E-state index in [0.717, 1.165) is 51.4 Å². The molecule has 0 saturated heterocycles. The summed E-state index contributed by atoms with van der Waals surface area (Å²) in [4.78, 5) is 23.6. The maximum atomic E-state index is 11.8. The molecule has 0 atom stereocenters. The molecule has 36 heavy (non-hydrogen) atoms. The molecule has 0 N–H and O–H groups in total. The van der Waals surface area contributed by atoms with E-state index in [1.165, 1.54) is 77.0 Å². The molecule has 0 saturated carbocycles. The molecule has 0 fully saturated rings. The highest BCUT2D eigenvalue weighted by atomic mass is 16.5. The van der Waals surface area contributed by atoms with Crippen molar-refractivity contribution in [3.05, 3.63) is 24.3 Å². The average Bonchev–Trinajstić information content (AvgIpc) is 2.88. The Balaban J connectivity index is 3.38. The van der Waals surface area contributed by atoms with E-state index in [9.17, 15) is 9.59 Å². The van der Waals surface area contributed by atoms with Crippen LogP contribution < -0.4 is 0 Å². The van der Waals surface area contributed by atoms with Crippen molar-refractivity contribution >= 4 is 11.9 Å². The monoisotopic (exact) mass is 506 g/mol. The SMILES string of the molecule is CCCCCCC/C=C/CCCCCOC(=O)CCC(=O)OCCCCC/C=C/CCCCCCC. The molecule has 210 valence electrons. The smallest absolute Gasteiger partial charge is 0.306 e. The zero-order chi connectivity index (χ0) is 26.4. The first-order valence-electron chi connectivity index (χ1n) is 15.3. The van der Waals surface area contributed by atoms with Crippen molar-refractivity contribution in [3.63, 3.8) is 0 Å². The van der Waals surface area contributed by atoms with E-state index in [1.807, 2.05) is 0 Å². The minimum atomic E-state index is -0.299. The molecule has 0 rings (SSSR count). The third-order valence-corrected chi connectivity index (χ3v) is 6.37. The maximum Gasteiger partial charge on any atom is 0.306 e. The van der Waals surface area contributed by atoms with E-state index < -0.39 is 0 Å². The Morgan fingerprint density at radius 3 is 1.08 bits per heavy atom. The maximum absolute atomic E-state index is 11.8. The number of carbonyl (C=O) groups is 2. The second-order valence-electron chi connectivity index (χ2n) is 9.99. The fourth-order valence-corrected chi connectivity index (χ4v) is 4.01. The van der Waals surface area contributed by atoms with Crippen LogP contribution in [0.15, 0.2) is 24.3 Å². The number of unbranched alkanes of at least 4 members (excludes halogenated alkanes) is 16. The van der Waals surface area contributed by atoms with E-state index in [2.05, 4.69) is 38.2 Å². The number of allylic oxidation sites excluding steroid dienone is 4. The highest BCUT2D eigenvalue weighted by molar-refractivity contribution is 5.77. The number of rotatable bonds is 27. The number of ether oxygens (including phenoxy) is 2. The molecule has 0 spiro atoms. The van der Waals surface area contributed by atoms with Crippen LogP contribution in [0.2, 0.25) is 0 Å². The van der Waals surface area contributed by atoms with Crippen molar-refractivity contribution < 1.29 is 19.1 Å². The summed E-state index contributed by atoms with van der Waals surface area (Å²) in [7, 11) is 0. The van der Waals surface area contributed by atoms with Gasteiger partial charge in [-0.2, -0.15) is 0 Å². The third-order valence-electron chi connectivity index (χ3n) is 6.37. The average molecular weight is 507 g/mol. The second kappa shape index (κ2) is 29.6. The van der Waals surface area contributed by atoms with Gasteiger partial charge in [0.2, 0.25) is 0 Å². The summed E-state index contributed by atoms with van der Waals surface area (Å²) in [6, 6.07) is 0. The van der Waals surface area contributed by atoms with Crippen LogP contribution in [0.25, 0.3) is 0 Å². The molecule has 0 aromatic heterocycles. The largest absolute Gasteiger partial charge is 0.466 e. The predicted octanol–water partition coefficient (Wildman–Crippen LogP) is 9.81. The topological polar surface area (TPSA) is 52.6 Å². The fraction of sp³-hybridized carbons (Fsp3) is 0.812. The van der Waals surface area contributed by atoms with Crippen LogP contribution in [-0.2, 0) is 19.1 Å². The summed E-state index contributed by atoms with van der Waals surface area (Å²) >= 11 is 0. The Labute approximate surface area is 223 Å². The molecule has 0 unspecified atom stereocenters. The molecule has 4 heteroatoms. The molecule has 0 radical (unpaired) electrons. The molecule has 0 aromatic carbocycles. The predicted molar refractivity (Wildman–Crippen MR) is 153 cm³/mol. The van der Waals surface area contributed by atoms with Crippen molar-refractivity contribution in [2.45, 2.75) is 155 Å². The van der Waals surface area contributed by atoms with Crippen molar-refractivity contribution in [2.75, 3.05) is 13.2 Å². The molecular weight excluding hydrogens is 448 g/mol. The Bertz CT molecular complexity index is 490. The highest BCUT2D eigenvalue weighted by Crippen LogP contribution is 2.09. The van der Waals surface area contributed by atoms with E-state index >= 15 is 0 Å². The van der Waals surface area contributed by atoms with Crippen molar-refractivity contribution in [2.24, 2.45) is 0 Å². The molecule has 0 heterocycles. The quantitative estimate of drug-likeness (QED) is 0.0632. The van der Waals surface area contributed by atoms with Crippen LogP contribution in [0, 0.1) is 0 Å². The van der Waals surface area contributed by atoms with Gasteiger partial charge >= 0.3 is 11.9 Å². The number of hydrogen-bond acceptors (Lipinski definition) is 4. The lowest BCUT2D eigenvalue weighted by Gasteiger charge is -2.06. The van der Waals surface area contributed by atoms with Crippen molar-refractivity contribution in [1.29, 1.82) is 0 Å². The van der Waals surface area contributed by atoms with Gasteiger partial charge < -0.3 is 9.47 Å². The van der Waals surface area contributed by atoms with E-state index in [0.29, 0.717) is 13.2 Å². The van der Waals surface area contributed by atoms with Crippen LogP contribution in [0.5, 0.6) is 0 Å². The molecule has 0 aliphatic carbocycles. The fourth-order valence-electron chi connectivity index (χ4n) is 4.01. The zero-order valence-corrected chi connectivity index (χ0v) is 23.9. The zero-order valence-electron chi connectivity index (χ0n) is 23.9. The van der Waals surface area contributed by atoms with Gasteiger partial charge in [0.1, 0.15) is 0 Å². The summed E-state index contributed by atoms with van der Waals surface area (Å²) in [6.45, 7) is 5.39. The molecule has 0 aromatic rings. The van der Waals surface area contributed by atoms with Crippen molar-refractivity contribution in [3.8, 4) is 0 Å². The molecule has 0 aliphatic rings. The van der Waals surface area contributed by atoms with E-state index in [-0.39, 0.29) is 24.8 Å². The van der Waals surface area contributed by atoms with Gasteiger partial charge in [-0.3, -0.25) is 9.59 Å². The first kappa shape index (κ1) is 34.4. The molecule has 0 amide bonds. The summed E-state index contributed by atoms with van der Waals surface area (Å²) in [5, 5.41) is 0. The van der Waals surface area contributed by atoms with Gasteiger partial charge in [-0.25, -0.2) is 0 Å². The van der Waals surface area contributed by atoms with Crippen LogP contribution in [0.4, 0.5) is 0 Å².